The number of anilines is 1. The Morgan fingerprint density at radius 2 is 1.69 bits per heavy atom. The zero-order chi connectivity index (χ0) is 21.3. The molecule has 0 aliphatic heterocycles. The van der Waals surface area contributed by atoms with Crippen LogP contribution in [0, 0.1) is 26.7 Å². The van der Waals surface area contributed by atoms with Crippen molar-refractivity contribution in [2.24, 2.45) is 5.92 Å². The number of nitrogens with one attached hydrogen (secondary N) is 2. The molecule has 0 bridgehead atoms. The predicted octanol–water partition coefficient (Wildman–Crippen LogP) is 4.16. The molecular weight excluding hydrogens is 406 g/mol. The number of hydrogen-bond acceptors (Lipinski definition) is 5. The van der Waals surface area contributed by atoms with Gasteiger partial charge in [0, 0.05) is 5.69 Å². The molecule has 1 aromatic heterocycles. The molecule has 2 N–H and O–H groups in total. The van der Waals surface area contributed by atoms with E-state index in [1.54, 1.807) is 12.1 Å². The van der Waals surface area contributed by atoms with Gasteiger partial charge in [0.15, 0.2) is 0 Å². The van der Waals surface area contributed by atoms with Gasteiger partial charge >= 0.3 is 0 Å². The number of rotatable bonds is 6. The van der Waals surface area contributed by atoms with Crippen LogP contribution in [-0.2, 0) is 14.8 Å². The van der Waals surface area contributed by atoms with Gasteiger partial charge in [0.25, 0.3) is 0 Å². The van der Waals surface area contributed by atoms with Gasteiger partial charge in [-0.25, -0.2) is 13.4 Å². The van der Waals surface area contributed by atoms with Crippen LogP contribution in [0.2, 0.25) is 0 Å². The molecule has 0 saturated heterocycles. The number of thiazole rings is 1. The van der Waals surface area contributed by atoms with Crippen LogP contribution in [0.5, 0.6) is 0 Å². The van der Waals surface area contributed by atoms with Crippen LogP contribution in [0.1, 0.15) is 30.0 Å². The van der Waals surface area contributed by atoms with Crippen molar-refractivity contribution in [3.63, 3.8) is 0 Å². The number of aryl methyl sites for hydroxylation is 3. The summed E-state index contributed by atoms with van der Waals surface area (Å²) >= 11 is 1.44. The minimum atomic E-state index is -3.87. The average Bonchev–Trinajstić information content (AvgIpc) is 2.97. The Morgan fingerprint density at radius 1 is 1.03 bits per heavy atom. The Hall–Kier alpha value is -2.29. The number of sulfonamides is 1. The summed E-state index contributed by atoms with van der Waals surface area (Å²) in [5.41, 5.74) is 3.46. The lowest BCUT2D eigenvalue weighted by Gasteiger charge is -2.22. The molecule has 8 heteroatoms. The fourth-order valence-electron chi connectivity index (χ4n) is 3.18. The summed E-state index contributed by atoms with van der Waals surface area (Å²) in [5, 5.41) is 3.71. The Kier molecular flexibility index (Phi) is 6.07. The molecule has 0 unspecified atom stereocenters. The van der Waals surface area contributed by atoms with Gasteiger partial charge in [-0.05, 0) is 68.1 Å². The molecular formula is C21H25N3O3S2. The first-order valence-electron chi connectivity index (χ1n) is 9.34. The van der Waals surface area contributed by atoms with E-state index in [1.807, 2.05) is 52.8 Å². The van der Waals surface area contributed by atoms with Crippen LogP contribution >= 0.6 is 11.3 Å². The third-order valence-corrected chi connectivity index (χ3v) is 6.87. The summed E-state index contributed by atoms with van der Waals surface area (Å²) in [7, 11) is -3.87. The third-order valence-electron chi connectivity index (χ3n) is 4.50. The van der Waals surface area contributed by atoms with Gasteiger partial charge in [0.05, 0.1) is 20.1 Å². The lowest BCUT2D eigenvalue weighted by atomic mass is 10.0. The van der Waals surface area contributed by atoms with Gasteiger partial charge in [-0.2, -0.15) is 4.72 Å². The first-order valence-corrected chi connectivity index (χ1v) is 11.6. The maximum atomic E-state index is 13.0. The number of carbonyl (C=O) groups excluding carboxylic acids is 1. The highest BCUT2D eigenvalue weighted by atomic mass is 32.2. The fraction of sp³-hybridized carbons (Fsp3) is 0.333. The number of amides is 1. The maximum Gasteiger partial charge on any atom is 0.242 e. The van der Waals surface area contributed by atoms with Crippen molar-refractivity contribution in [2.75, 3.05) is 5.32 Å². The largest absolute Gasteiger partial charge is 0.325 e. The third kappa shape index (κ3) is 5.01. The van der Waals surface area contributed by atoms with Crippen LogP contribution < -0.4 is 10.0 Å². The molecule has 0 spiro atoms. The highest BCUT2D eigenvalue weighted by Gasteiger charge is 2.29. The molecule has 0 radical (unpaired) electrons. The first kappa shape index (κ1) is 21.4. The summed E-state index contributed by atoms with van der Waals surface area (Å²) in [4.78, 5) is 17.3. The van der Waals surface area contributed by atoms with Crippen molar-refractivity contribution in [1.82, 2.24) is 9.71 Å². The van der Waals surface area contributed by atoms with Crippen molar-refractivity contribution in [2.45, 2.75) is 45.6 Å². The van der Waals surface area contributed by atoms with Crippen LogP contribution in [0.4, 0.5) is 5.69 Å². The van der Waals surface area contributed by atoms with E-state index >= 15 is 0 Å². The van der Waals surface area contributed by atoms with Crippen LogP contribution in [0.25, 0.3) is 10.2 Å². The average molecular weight is 432 g/mol. The van der Waals surface area contributed by atoms with Crippen molar-refractivity contribution in [3.05, 3.63) is 52.5 Å². The van der Waals surface area contributed by atoms with E-state index in [2.05, 4.69) is 15.0 Å². The van der Waals surface area contributed by atoms with Crippen LogP contribution in [-0.4, -0.2) is 25.4 Å². The maximum absolute atomic E-state index is 13.0. The van der Waals surface area contributed by atoms with Gasteiger partial charge in [-0.3, -0.25) is 4.79 Å². The molecule has 0 saturated carbocycles. The second-order valence-corrected chi connectivity index (χ2v) is 10.5. The predicted molar refractivity (Wildman–Crippen MR) is 118 cm³/mol. The summed E-state index contributed by atoms with van der Waals surface area (Å²) in [6.07, 6.45) is 0. The fourth-order valence-corrected chi connectivity index (χ4v) is 5.49. The molecule has 0 aliphatic carbocycles. The number of nitrogens with zero attached hydrogens (tertiary/aromatic N) is 1. The summed E-state index contributed by atoms with van der Waals surface area (Å²) < 4.78 is 29.3. The zero-order valence-electron chi connectivity index (χ0n) is 17.1. The lowest BCUT2D eigenvalue weighted by molar-refractivity contribution is -0.118. The molecule has 0 fully saturated rings. The number of fused-ring (bicyclic) bond motifs is 1. The molecule has 2 aromatic carbocycles. The minimum Gasteiger partial charge on any atom is -0.325 e. The van der Waals surface area contributed by atoms with E-state index < -0.39 is 16.1 Å². The molecule has 1 heterocycles. The molecule has 0 aliphatic rings. The first-order chi connectivity index (χ1) is 13.5. The lowest BCUT2D eigenvalue weighted by Crippen LogP contribution is -2.47. The SMILES string of the molecule is Cc1cc(C)cc(NC(=O)[C@@H](NS(=O)(=O)c2ccc3nc(C)sc3c2)C(C)C)c1. The van der Waals surface area contributed by atoms with Gasteiger partial charge < -0.3 is 5.32 Å². The van der Waals surface area contributed by atoms with Crippen molar-refractivity contribution in [1.29, 1.82) is 0 Å². The summed E-state index contributed by atoms with van der Waals surface area (Å²) in [6, 6.07) is 9.63. The highest BCUT2D eigenvalue weighted by molar-refractivity contribution is 7.89. The van der Waals surface area contributed by atoms with E-state index in [0.29, 0.717) is 5.69 Å². The van der Waals surface area contributed by atoms with E-state index in [0.717, 1.165) is 26.4 Å². The van der Waals surface area contributed by atoms with Gasteiger partial charge in [0.1, 0.15) is 6.04 Å². The Bertz CT molecular complexity index is 1150. The molecule has 3 aromatic rings. The smallest absolute Gasteiger partial charge is 0.242 e. The molecule has 1 atom stereocenters. The quantitative estimate of drug-likeness (QED) is 0.613. The Balaban J connectivity index is 1.85. The second kappa shape index (κ2) is 8.22. The minimum absolute atomic E-state index is 0.124. The standard InChI is InChI=1S/C21H25N3O3S2/c1-12(2)20(21(25)23-16-9-13(3)8-14(4)10-16)24-29(26,27)17-6-7-18-19(11-17)28-15(5)22-18/h6-12,20,24H,1-5H3,(H,23,25)/t20-/m0/s1. The molecule has 6 nitrogen and oxygen atoms in total. The van der Waals surface area contributed by atoms with Crippen molar-refractivity contribution >= 4 is 43.2 Å². The summed E-state index contributed by atoms with van der Waals surface area (Å²) in [6.45, 7) is 9.39. The topological polar surface area (TPSA) is 88.2 Å². The van der Waals surface area contributed by atoms with Crippen molar-refractivity contribution in [3.8, 4) is 0 Å². The van der Waals surface area contributed by atoms with E-state index in [-0.39, 0.29) is 16.7 Å². The zero-order valence-corrected chi connectivity index (χ0v) is 18.7. The summed E-state index contributed by atoms with van der Waals surface area (Å²) in [5.74, 6) is -0.617. The Morgan fingerprint density at radius 3 is 2.31 bits per heavy atom. The molecule has 29 heavy (non-hydrogen) atoms. The number of carbonyl (C=O) groups is 1. The second-order valence-electron chi connectivity index (χ2n) is 7.57. The molecule has 1 amide bonds. The van der Waals surface area contributed by atoms with Crippen LogP contribution in [0.3, 0.4) is 0 Å². The van der Waals surface area contributed by atoms with Crippen molar-refractivity contribution < 1.29 is 13.2 Å². The van der Waals surface area contributed by atoms with Gasteiger partial charge in [-0.1, -0.05) is 19.9 Å². The van der Waals surface area contributed by atoms with E-state index in [9.17, 15) is 13.2 Å². The van der Waals surface area contributed by atoms with Gasteiger partial charge in [0.2, 0.25) is 15.9 Å². The number of aromatic nitrogens is 1. The monoisotopic (exact) mass is 431 g/mol. The number of hydrogen-bond donors (Lipinski definition) is 2. The Labute approximate surface area is 175 Å². The molecule has 154 valence electrons. The van der Waals surface area contributed by atoms with E-state index in [1.165, 1.54) is 17.4 Å². The van der Waals surface area contributed by atoms with Gasteiger partial charge in [-0.15, -0.1) is 11.3 Å². The normalized spacial score (nSPS) is 13.0. The molecule has 3 rings (SSSR count). The van der Waals surface area contributed by atoms with Crippen LogP contribution in [0.15, 0.2) is 41.3 Å². The van der Waals surface area contributed by atoms with E-state index in [4.69, 9.17) is 0 Å². The highest BCUT2D eigenvalue weighted by Crippen LogP contribution is 2.25. The number of benzene rings is 2.